The van der Waals surface area contributed by atoms with E-state index in [1.54, 1.807) is 6.92 Å². The van der Waals surface area contributed by atoms with Gasteiger partial charge in [0.1, 0.15) is 21.1 Å². The maximum absolute atomic E-state index is 11.3. The zero-order valence-electron chi connectivity index (χ0n) is 10.9. The molecule has 1 amide bonds. The minimum absolute atomic E-state index is 0.245. The van der Waals surface area contributed by atoms with Crippen molar-refractivity contribution in [2.24, 2.45) is 5.73 Å². The predicted molar refractivity (Wildman–Crippen MR) is 78.2 cm³/mol. The van der Waals surface area contributed by atoms with Crippen molar-refractivity contribution in [2.45, 2.75) is 30.5 Å². The Bertz CT molecular complexity index is 684. The summed E-state index contributed by atoms with van der Waals surface area (Å²) >= 11 is 2.36. The molecule has 2 rings (SSSR count). The number of carbonyl (C=O) groups is 2. The lowest BCUT2D eigenvalue weighted by atomic mass is 10.2. The van der Waals surface area contributed by atoms with Crippen LogP contribution in [0, 0.1) is 6.92 Å². The summed E-state index contributed by atoms with van der Waals surface area (Å²) in [5.41, 5.74) is 5.96. The van der Waals surface area contributed by atoms with E-state index < -0.39 is 11.9 Å². The molecule has 0 aliphatic rings. The summed E-state index contributed by atoms with van der Waals surface area (Å²) in [6, 6.07) is 0. The number of carboxylic acid groups (broad SMARTS) is 1. The molecule has 0 saturated heterocycles. The normalized spacial score (nSPS) is 12.5. The quantitative estimate of drug-likeness (QED) is 0.646. The Balaban J connectivity index is 2.54. The fourth-order valence-corrected chi connectivity index (χ4v) is 3.89. The number of primary amides is 1. The highest BCUT2D eigenvalue weighted by molar-refractivity contribution is 8.00. The van der Waals surface area contributed by atoms with Gasteiger partial charge in [-0.25, -0.2) is 14.8 Å². The van der Waals surface area contributed by atoms with Crippen LogP contribution in [0.2, 0.25) is 0 Å². The van der Waals surface area contributed by atoms with E-state index in [4.69, 9.17) is 10.8 Å². The second-order valence-corrected chi connectivity index (χ2v) is 6.33. The van der Waals surface area contributed by atoms with Crippen LogP contribution >= 0.6 is 23.1 Å². The summed E-state index contributed by atoms with van der Waals surface area (Å²) in [6.45, 7) is 3.59. The molecule has 0 aliphatic heterocycles. The minimum atomic E-state index is -0.983. The van der Waals surface area contributed by atoms with Crippen molar-refractivity contribution in [2.75, 3.05) is 0 Å². The van der Waals surface area contributed by atoms with E-state index in [1.807, 2.05) is 6.92 Å². The molecular weight excluding hydrogens is 298 g/mol. The summed E-state index contributed by atoms with van der Waals surface area (Å²) in [7, 11) is 0. The number of nitrogens with zero attached hydrogens (tertiary/aromatic N) is 2. The van der Waals surface area contributed by atoms with Crippen LogP contribution in [-0.4, -0.2) is 32.2 Å². The zero-order valence-corrected chi connectivity index (χ0v) is 12.5. The van der Waals surface area contributed by atoms with Gasteiger partial charge in [0.15, 0.2) is 0 Å². The van der Waals surface area contributed by atoms with Crippen LogP contribution in [-0.2, 0) is 4.79 Å². The summed E-state index contributed by atoms with van der Waals surface area (Å²) in [4.78, 5) is 31.6. The van der Waals surface area contributed by atoms with Crippen molar-refractivity contribution in [1.82, 2.24) is 9.97 Å². The summed E-state index contributed by atoms with van der Waals surface area (Å²) in [5.74, 6) is -1.39. The number of aromatic nitrogens is 2. The zero-order chi connectivity index (χ0) is 14.9. The Hall–Kier alpha value is -1.67. The molecule has 2 heterocycles. The van der Waals surface area contributed by atoms with Crippen LogP contribution in [0.1, 0.15) is 28.6 Å². The Labute approximate surface area is 123 Å². The molecule has 0 spiro atoms. The number of fused-ring (bicyclic) bond motifs is 1. The molecule has 3 N–H and O–H groups in total. The molecule has 1 atom stereocenters. The standard InChI is InChI=1S/C12H13N3O3S2/c1-3-6(9(13)16)19-10-7-5(2)8(12(17)18)20-11(7)15-4-14-10/h4,6H,3H2,1-2H3,(H2,13,16)(H,17,18). The van der Waals surface area contributed by atoms with E-state index in [2.05, 4.69) is 9.97 Å². The van der Waals surface area contributed by atoms with E-state index >= 15 is 0 Å². The largest absolute Gasteiger partial charge is 0.477 e. The molecule has 0 radical (unpaired) electrons. The maximum atomic E-state index is 11.3. The van der Waals surface area contributed by atoms with Crippen LogP contribution < -0.4 is 5.73 Å². The van der Waals surface area contributed by atoms with Crippen molar-refractivity contribution in [3.05, 3.63) is 16.8 Å². The van der Waals surface area contributed by atoms with Gasteiger partial charge in [0, 0.05) is 5.39 Å². The SMILES string of the molecule is CCC(Sc1ncnc2sc(C(=O)O)c(C)c12)C(N)=O. The number of aryl methyl sites for hydroxylation is 1. The average molecular weight is 311 g/mol. The monoisotopic (exact) mass is 311 g/mol. The van der Waals surface area contributed by atoms with Gasteiger partial charge in [0.2, 0.25) is 5.91 Å². The third-order valence-electron chi connectivity index (χ3n) is 2.83. The highest BCUT2D eigenvalue weighted by atomic mass is 32.2. The number of hydrogen-bond donors (Lipinski definition) is 2. The van der Waals surface area contributed by atoms with Crippen LogP contribution in [0.25, 0.3) is 10.2 Å². The van der Waals surface area contributed by atoms with Crippen LogP contribution in [0.4, 0.5) is 0 Å². The van der Waals surface area contributed by atoms with Crippen LogP contribution in [0.3, 0.4) is 0 Å². The highest BCUT2D eigenvalue weighted by Crippen LogP contribution is 2.36. The first-order chi connectivity index (χ1) is 9.45. The third-order valence-corrected chi connectivity index (χ3v) is 5.40. The van der Waals surface area contributed by atoms with Gasteiger partial charge in [-0.2, -0.15) is 0 Å². The first kappa shape index (κ1) is 14.7. The molecule has 106 valence electrons. The molecule has 0 aliphatic carbocycles. The smallest absolute Gasteiger partial charge is 0.346 e. The number of carboxylic acids is 1. The Morgan fingerprint density at radius 1 is 1.50 bits per heavy atom. The Morgan fingerprint density at radius 3 is 2.75 bits per heavy atom. The third kappa shape index (κ3) is 2.61. The number of hydrogen-bond acceptors (Lipinski definition) is 6. The molecular formula is C12H13N3O3S2. The Morgan fingerprint density at radius 2 is 2.20 bits per heavy atom. The maximum Gasteiger partial charge on any atom is 0.346 e. The molecule has 6 nitrogen and oxygen atoms in total. The summed E-state index contributed by atoms with van der Waals surface area (Å²) in [6.07, 6.45) is 1.96. The molecule has 2 aromatic heterocycles. The van der Waals surface area contributed by atoms with E-state index in [9.17, 15) is 9.59 Å². The van der Waals surface area contributed by atoms with Crippen molar-refractivity contribution < 1.29 is 14.7 Å². The van der Waals surface area contributed by atoms with Crippen molar-refractivity contribution in [1.29, 1.82) is 0 Å². The minimum Gasteiger partial charge on any atom is -0.477 e. The second kappa shape index (κ2) is 5.76. The van der Waals surface area contributed by atoms with Gasteiger partial charge >= 0.3 is 5.97 Å². The number of amides is 1. The molecule has 8 heteroatoms. The number of rotatable bonds is 5. The molecule has 0 aromatic carbocycles. The molecule has 0 fully saturated rings. The van der Waals surface area contributed by atoms with Gasteiger partial charge in [-0.1, -0.05) is 18.7 Å². The van der Waals surface area contributed by atoms with Crippen LogP contribution in [0.5, 0.6) is 0 Å². The van der Waals surface area contributed by atoms with Gasteiger partial charge in [-0.05, 0) is 18.9 Å². The van der Waals surface area contributed by atoms with Gasteiger partial charge in [0.05, 0.1) is 5.25 Å². The molecule has 2 aromatic rings. The lowest BCUT2D eigenvalue weighted by Gasteiger charge is -2.10. The van der Waals surface area contributed by atoms with Gasteiger partial charge in [-0.15, -0.1) is 11.3 Å². The van der Waals surface area contributed by atoms with Crippen molar-refractivity contribution >= 4 is 45.2 Å². The molecule has 20 heavy (non-hydrogen) atoms. The van der Waals surface area contributed by atoms with Crippen molar-refractivity contribution in [3.63, 3.8) is 0 Å². The number of aromatic carboxylic acids is 1. The lowest BCUT2D eigenvalue weighted by Crippen LogP contribution is -2.24. The number of nitrogens with two attached hydrogens (primary N) is 1. The predicted octanol–water partition coefficient (Wildman–Crippen LogP) is 2.05. The highest BCUT2D eigenvalue weighted by Gasteiger charge is 2.22. The van der Waals surface area contributed by atoms with E-state index in [0.717, 1.165) is 11.3 Å². The second-order valence-electron chi connectivity index (χ2n) is 4.14. The topological polar surface area (TPSA) is 106 Å². The van der Waals surface area contributed by atoms with E-state index in [1.165, 1.54) is 18.1 Å². The fraction of sp³-hybridized carbons (Fsp3) is 0.333. The fourth-order valence-electron chi connectivity index (χ4n) is 1.81. The molecule has 0 saturated carbocycles. The number of carbonyl (C=O) groups excluding carboxylic acids is 1. The van der Waals surface area contributed by atoms with Gasteiger partial charge < -0.3 is 10.8 Å². The first-order valence-corrected chi connectivity index (χ1v) is 7.58. The van der Waals surface area contributed by atoms with Gasteiger partial charge in [-0.3, -0.25) is 4.79 Å². The summed E-state index contributed by atoms with van der Waals surface area (Å²) < 4.78 is 0. The van der Waals surface area contributed by atoms with Crippen molar-refractivity contribution in [3.8, 4) is 0 Å². The Kier molecular flexibility index (Phi) is 4.24. The number of thiophene rings is 1. The van der Waals surface area contributed by atoms with E-state index in [0.29, 0.717) is 27.2 Å². The first-order valence-electron chi connectivity index (χ1n) is 5.89. The van der Waals surface area contributed by atoms with Gasteiger partial charge in [0.25, 0.3) is 0 Å². The number of thioether (sulfide) groups is 1. The van der Waals surface area contributed by atoms with E-state index in [-0.39, 0.29) is 10.1 Å². The molecule has 1 unspecified atom stereocenters. The summed E-state index contributed by atoms with van der Waals surface area (Å²) in [5, 5.41) is 10.1. The molecule has 0 bridgehead atoms. The lowest BCUT2D eigenvalue weighted by molar-refractivity contribution is -0.117. The average Bonchev–Trinajstić information content (AvgIpc) is 2.74. The van der Waals surface area contributed by atoms with Crippen LogP contribution in [0.15, 0.2) is 11.4 Å².